The van der Waals surface area contributed by atoms with Crippen LogP contribution in [0.1, 0.15) is 106 Å². The number of aliphatic hydroxyl groups is 6. The van der Waals surface area contributed by atoms with E-state index in [4.69, 9.17) is 38.3 Å². The van der Waals surface area contributed by atoms with Crippen LogP contribution in [0.25, 0.3) is 0 Å². The molecule has 3 saturated heterocycles. The lowest BCUT2D eigenvalue weighted by molar-refractivity contribution is -0.435. The van der Waals surface area contributed by atoms with Crippen LogP contribution in [0.3, 0.4) is 0 Å². The monoisotopic (exact) mass is 968 g/mol. The first kappa shape index (κ1) is 51.2. The fraction of sp³-hybridized carbons (Fsp3) is 0.851. The van der Waals surface area contributed by atoms with Gasteiger partial charge in [0.15, 0.2) is 12.4 Å². The number of rotatable bonds is 11. The van der Waals surface area contributed by atoms with Crippen molar-refractivity contribution in [2.45, 2.75) is 185 Å². The summed E-state index contributed by atoms with van der Waals surface area (Å²) in [5.41, 5.74) is -2.30. The molecule has 5 aliphatic carbocycles. The first-order chi connectivity index (χ1) is 31.7. The molecule has 0 amide bonds. The number of hydrogen-bond acceptors (Lipinski definition) is 18. The number of esters is 1. The number of aliphatic carboxylic acids is 3. The number of ether oxygens (including phenoxy) is 7. The first-order valence-electron chi connectivity index (χ1n) is 23.7. The maximum Gasteiger partial charge on any atom is 0.369 e. The summed E-state index contributed by atoms with van der Waals surface area (Å²) < 4.78 is 39.6. The van der Waals surface area contributed by atoms with E-state index in [0.29, 0.717) is 51.4 Å². The SMILES string of the molecule is CC1(C)CC[C@]2(C(=O)O[C@@H]3O[C@H](CO)[C@@H](O)[C@H](O)[C@H]3O)CC[C@]3(C)C(=CC[C@@H]4[C@@]5(C)CC[C@H](O[C@@H]6O[C@H](C(=O)O)[C@H]7O[C@@](O)(C(=O)O)[C@@H](OCC(=O)O)O[C@@H]7[C@H]6O)[C@@](C)(C=O)[C@@H]5CC[C@]43C)[C@@H]2C1. The minimum Gasteiger partial charge on any atom is -0.480 e. The Kier molecular flexibility index (Phi) is 13.2. The smallest absolute Gasteiger partial charge is 0.369 e. The van der Waals surface area contributed by atoms with E-state index in [2.05, 4.69) is 40.7 Å². The topological polar surface area (TPSA) is 332 Å². The molecule has 8 aliphatic rings. The summed E-state index contributed by atoms with van der Waals surface area (Å²) in [6.45, 7) is 11.2. The van der Waals surface area contributed by atoms with Gasteiger partial charge in [0.25, 0.3) is 0 Å². The number of carbonyl (C=O) groups excluding carboxylic acids is 2. The summed E-state index contributed by atoms with van der Waals surface area (Å²) in [5, 5.41) is 93.2. The Hall–Kier alpha value is -3.19. The summed E-state index contributed by atoms with van der Waals surface area (Å²) in [6, 6.07) is 0. The Bertz CT molecular complexity index is 2040. The van der Waals surface area contributed by atoms with Gasteiger partial charge in [-0.25, -0.2) is 14.4 Å². The van der Waals surface area contributed by atoms with Gasteiger partial charge in [-0.15, -0.1) is 0 Å². The van der Waals surface area contributed by atoms with Gasteiger partial charge in [-0.3, -0.25) is 4.79 Å². The molecule has 0 aromatic heterocycles. The lowest BCUT2D eigenvalue weighted by Crippen LogP contribution is -2.72. The highest BCUT2D eigenvalue weighted by atomic mass is 16.8. The molecule has 4 saturated carbocycles. The molecule has 0 aromatic carbocycles. The fourth-order valence-corrected chi connectivity index (χ4v) is 14.6. The van der Waals surface area contributed by atoms with E-state index in [0.717, 1.165) is 12.7 Å². The minimum atomic E-state index is -3.39. The Morgan fingerprint density at radius 2 is 1.49 bits per heavy atom. The van der Waals surface area contributed by atoms with Gasteiger partial charge in [0.2, 0.25) is 12.6 Å². The van der Waals surface area contributed by atoms with E-state index >= 15 is 0 Å². The van der Waals surface area contributed by atoms with E-state index in [9.17, 15) is 64.8 Å². The van der Waals surface area contributed by atoms with Gasteiger partial charge in [0.1, 0.15) is 55.6 Å². The number of carboxylic acid groups (broad SMARTS) is 3. The maximum atomic E-state index is 14.7. The quantitative estimate of drug-likeness (QED) is 0.0600. The molecule has 7 fully saturated rings. The fourth-order valence-electron chi connectivity index (χ4n) is 14.6. The average molecular weight is 969 g/mol. The van der Waals surface area contributed by atoms with Crippen molar-refractivity contribution in [2.75, 3.05) is 13.2 Å². The van der Waals surface area contributed by atoms with Crippen molar-refractivity contribution in [3.05, 3.63) is 11.6 Å². The second-order valence-electron chi connectivity index (χ2n) is 22.6. The van der Waals surface area contributed by atoms with E-state index in [1.165, 1.54) is 5.57 Å². The maximum absolute atomic E-state index is 14.7. The zero-order valence-electron chi connectivity index (χ0n) is 39.2. The molecule has 0 radical (unpaired) electrons. The van der Waals surface area contributed by atoms with Crippen LogP contribution in [0, 0.1) is 50.2 Å². The Morgan fingerprint density at radius 1 is 0.794 bits per heavy atom. The Labute approximate surface area is 393 Å². The van der Waals surface area contributed by atoms with Crippen LogP contribution in [0.2, 0.25) is 0 Å². The van der Waals surface area contributed by atoms with Crippen LogP contribution >= 0.6 is 0 Å². The van der Waals surface area contributed by atoms with Gasteiger partial charge in [-0.2, -0.15) is 0 Å². The third-order valence-electron chi connectivity index (χ3n) is 18.7. The zero-order valence-corrected chi connectivity index (χ0v) is 39.2. The van der Waals surface area contributed by atoms with Crippen molar-refractivity contribution in [3.8, 4) is 0 Å². The van der Waals surface area contributed by atoms with Crippen LogP contribution < -0.4 is 0 Å². The predicted molar refractivity (Wildman–Crippen MR) is 226 cm³/mol. The van der Waals surface area contributed by atoms with Crippen molar-refractivity contribution >= 4 is 30.2 Å². The average Bonchev–Trinajstić information content (AvgIpc) is 3.27. The highest BCUT2D eigenvalue weighted by Crippen LogP contribution is 2.76. The number of hydrogen-bond donors (Lipinski definition) is 9. The standard InChI is InChI=1S/C47H68O21/c1-41(2)13-15-46(39(60)67-36-30(54)29(53)28(52)23(18-48)63-36)16-14-44(5)21(22(46)17-41)7-8-25-42(3)11-10-26(43(4,20-49)24(42)9-12-45(25,44)6)64-37-31(55)32-33(34(65-37)35(56)57)68-47(61,38(58)59)40(66-32)62-19-27(50)51/h7,20,22-26,28-34,36-37,40,48,52-55,61H,8-19H2,1-6H3,(H,50,51)(H,56,57)(H,58,59)/t22-,23+,24+,25+,26-,28+,29-,30+,31+,32+,33-,34-,36-,37+,40-,42-,43-,44+,45+,46-,47-/m0/s1. The summed E-state index contributed by atoms with van der Waals surface area (Å²) in [5.74, 6) is -9.71. The third kappa shape index (κ3) is 7.68. The lowest BCUT2D eigenvalue weighted by atomic mass is 9.33. The molecule has 0 aromatic rings. The molecule has 382 valence electrons. The van der Waals surface area contributed by atoms with Gasteiger partial charge in [0, 0.05) is 0 Å². The molecular formula is C47H68O21. The summed E-state index contributed by atoms with van der Waals surface area (Å²) in [6.07, 6.45) is -11.6. The molecule has 3 heterocycles. The van der Waals surface area contributed by atoms with Crippen molar-refractivity contribution in [2.24, 2.45) is 50.2 Å². The van der Waals surface area contributed by atoms with Gasteiger partial charge < -0.3 is 83.9 Å². The van der Waals surface area contributed by atoms with Crippen molar-refractivity contribution < 1.29 is 103 Å². The molecule has 21 atom stereocenters. The van der Waals surface area contributed by atoms with Crippen molar-refractivity contribution in [3.63, 3.8) is 0 Å². The van der Waals surface area contributed by atoms with Gasteiger partial charge >= 0.3 is 29.7 Å². The number of carbonyl (C=O) groups is 5. The zero-order chi connectivity index (χ0) is 49.9. The van der Waals surface area contributed by atoms with E-state index in [-0.39, 0.29) is 35.0 Å². The molecule has 0 bridgehead atoms. The van der Waals surface area contributed by atoms with Crippen molar-refractivity contribution in [1.29, 1.82) is 0 Å². The Morgan fingerprint density at radius 3 is 2.12 bits per heavy atom. The third-order valence-corrected chi connectivity index (χ3v) is 18.7. The van der Waals surface area contributed by atoms with E-state index in [1.54, 1.807) is 6.92 Å². The van der Waals surface area contributed by atoms with Crippen LogP contribution in [0.5, 0.6) is 0 Å². The van der Waals surface area contributed by atoms with Gasteiger partial charge in [-0.05, 0) is 104 Å². The number of fused-ring (bicyclic) bond motifs is 8. The number of aliphatic hydroxyl groups excluding tert-OH is 5. The van der Waals surface area contributed by atoms with Crippen LogP contribution in [-0.4, -0.2) is 169 Å². The molecule has 9 N–H and O–H groups in total. The molecule has 68 heavy (non-hydrogen) atoms. The minimum absolute atomic E-state index is 0.0464. The van der Waals surface area contributed by atoms with Crippen LogP contribution in [0.15, 0.2) is 11.6 Å². The van der Waals surface area contributed by atoms with Crippen LogP contribution in [-0.2, 0) is 57.1 Å². The highest BCUT2D eigenvalue weighted by molar-refractivity contribution is 5.79. The summed E-state index contributed by atoms with van der Waals surface area (Å²) in [7, 11) is 0. The molecule has 0 unspecified atom stereocenters. The molecular weight excluding hydrogens is 900 g/mol. The largest absolute Gasteiger partial charge is 0.480 e. The number of aldehydes is 1. The first-order valence-corrected chi connectivity index (χ1v) is 23.7. The van der Waals surface area contributed by atoms with Crippen LogP contribution in [0.4, 0.5) is 0 Å². The number of allylic oxidation sites excluding steroid dienone is 2. The molecule has 21 nitrogen and oxygen atoms in total. The summed E-state index contributed by atoms with van der Waals surface area (Å²) >= 11 is 0. The van der Waals surface area contributed by atoms with Crippen molar-refractivity contribution in [1.82, 2.24) is 0 Å². The second kappa shape index (κ2) is 17.5. The normalized spacial score (nSPS) is 50.6. The van der Waals surface area contributed by atoms with Gasteiger partial charge in [0.05, 0.1) is 23.5 Å². The van der Waals surface area contributed by atoms with Gasteiger partial charge in [-0.1, -0.05) is 53.2 Å². The highest BCUT2D eigenvalue weighted by Gasteiger charge is 2.71. The molecule has 3 aliphatic heterocycles. The Balaban J connectivity index is 1.05. The molecule has 8 rings (SSSR count). The van der Waals surface area contributed by atoms with E-state index < -0.39 is 138 Å². The second-order valence-corrected chi connectivity index (χ2v) is 22.6. The predicted octanol–water partition coefficient (Wildman–Crippen LogP) is 0.850. The number of carboxylic acids is 3. The van der Waals surface area contributed by atoms with E-state index in [1.807, 2.05) is 0 Å². The molecule has 21 heteroatoms. The lowest BCUT2D eigenvalue weighted by Gasteiger charge is -2.71. The summed E-state index contributed by atoms with van der Waals surface area (Å²) in [4.78, 5) is 64.2. The molecule has 0 spiro atoms.